The maximum absolute atomic E-state index is 11.7. The van der Waals surface area contributed by atoms with Crippen LogP contribution >= 0.6 is 24.0 Å². The number of nitrogens with zero attached hydrogens (tertiary/aromatic N) is 1. The summed E-state index contributed by atoms with van der Waals surface area (Å²) in [5.74, 6) is 2.02. The number of guanidine groups is 1. The molecule has 4 rings (SSSR count). The molecule has 4 aliphatic rings. The van der Waals surface area contributed by atoms with E-state index in [4.69, 9.17) is 14.5 Å². The molecule has 9 heteroatoms. The van der Waals surface area contributed by atoms with Crippen molar-refractivity contribution in [2.45, 2.75) is 57.8 Å². The largest absolute Gasteiger partial charge is 0.377 e. The van der Waals surface area contributed by atoms with Crippen molar-refractivity contribution in [3.63, 3.8) is 0 Å². The van der Waals surface area contributed by atoms with E-state index in [0.717, 1.165) is 51.4 Å². The smallest absolute Gasteiger partial charge is 0.191 e. The van der Waals surface area contributed by atoms with Gasteiger partial charge in [0.2, 0.25) is 0 Å². The lowest BCUT2D eigenvalue weighted by Crippen LogP contribution is -2.68. The molecule has 0 amide bonds. The van der Waals surface area contributed by atoms with Crippen molar-refractivity contribution in [1.82, 2.24) is 10.6 Å². The molecular weight excluding hydrogens is 493 g/mol. The van der Waals surface area contributed by atoms with Gasteiger partial charge in [-0.2, -0.15) is 0 Å². The van der Waals surface area contributed by atoms with Crippen molar-refractivity contribution in [1.29, 1.82) is 0 Å². The van der Waals surface area contributed by atoms with Crippen LogP contribution in [0.4, 0.5) is 0 Å². The molecule has 3 saturated heterocycles. The fourth-order valence-corrected chi connectivity index (χ4v) is 7.02. The van der Waals surface area contributed by atoms with Crippen LogP contribution in [-0.4, -0.2) is 70.4 Å². The van der Waals surface area contributed by atoms with Crippen molar-refractivity contribution in [3.8, 4) is 0 Å². The zero-order valence-corrected chi connectivity index (χ0v) is 20.0. The molecule has 5 unspecified atom stereocenters. The summed E-state index contributed by atoms with van der Waals surface area (Å²) in [6.45, 7) is 7.47. The van der Waals surface area contributed by atoms with E-state index in [1.54, 1.807) is 0 Å². The minimum atomic E-state index is -2.86. The Hall–Kier alpha value is -0.130. The molecule has 162 valence electrons. The molecular formula is C19H34IN3O4S. The molecule has 1 aliphatic carbocycles. The predicted molar refractivity (Wildman–Crippen MR) is 120 cm³/mol. The van der Waals surface area contributed by atoms with E-state index < -0.39 is 9.84 Å². The molecule has 3 heterocycles. The van der Waals surface area contributed by atoms with Gasteiger partial charge in [0.15, 0.2) is 15.8 Å². The van der Waals surface area contributed by atoms with Crippen LogP contribution in [-0.2, 0) is 19.3 Å². The van der Waals surface area contributed by atoms with Crippen molar-refractivity contribution in [2.24, 2.45) is 22.2 Å². The summed E-state index contributed by atoms with van der Waals surface area (Å²) in [4.78, 5) is 4.77. The summed E-state index contributed by atoms with van der Waals surface area (Å²) in [6, 6.07) is 0.327. The van der Waals surface area contributed by atoms with Gasteiger partial charge in [-0.3, -0.25) is 4.99 Å². The number of fused-ring (bicyclic) bond motifs is 1. The lowest BCUT2D eigenvalue weighted by molar-refractivity contribution is -0.106. The third-order valence-electron chi connectivity index (χ3n) is 6.75. The zero-order chi connectivity index (χ0) is 19.1. The monoisotopic (exact) mass is 527 g/mol. The van der Waals surface area contributed by atoms with Crippen LogP contribution in [0.25, 0.3) is 0 Å². The highest BCUT2D eigenvalue weighted by Gasteiger charge is 2.59. The van der Waals surface area contributed by atoms with Crippen molar-refractivity contribution >= 4 is 39.8 Å². The van der Waals surface area contributed by atoms with Gasteiger partial charge in [0, 0.05) is 43.7 Å². The van der Waals surface area contributed by atoms with Crippen molar-refractivity contribution < 1.29 is 17.9 Å². The van der Waals surface area contributed by atoms with Gasteiger partial charge in [-0.25, -0.2) is 8.42 Å². The number of hydrogen-bond acceptors (Lipinski definition) is 5. The first-order chi connectivity index (χ1) is 12.9. The summed E-state index contributed by atoms with van der Waals surface area (Å²) in [5.41, 5.74) is 0.0736. The van der Waals surface area contributed by atoms with Crippen molar-refractivity contribution in [3.05, 3.63) is 0 Å². The zero-order valence-electron chi connectivity index (χ0n) is 16.9. The standard InChI is InChI=1S/C19H33N3O4S.HI/c1-19(2)16(15-5-8-26-17(15)19)22-18(21-11-14-4-3-7-25-14)20-10-13-6-9-27(23,24)12-13;/h13-17H,3-12H2,1-2H3,(H2,20,21,22);1H. The van der Waals surface area contributed by atoms with E-state index in [1.807, 2.05) is 0 Å². The molecule has 7 nitrogen and oxygen atoms in total. The minimum absolute atomic E-state index is 0. The van der Waals surface area contributed by atoms with Gasteiger partial charge in [0.1, 0.15) is 0 Å². The maximum Gasteiger partial charge on any atom is 0.191 e. The van der Waals surface area contributed by atoms with Crippen LogP contribution < -0.4 is 10.6 Å². The Labute approximate surface area is 185 Å². The lowest BCUT2D eigenvalue weighted by atomic mass is 9.57. The number of halogens is 1. The Morgan fingerprint density at radius 2 is 2.00 bits per heavy atom. The molecule has 0 spiro atoms. The Balaban J connectivity index is 0.00000225. The lowest BCUT2D eigenvalue weighted by Gasteiger charge is -2.55. The van der Waals surface area contributed by atoms with Crippen LogP contribution in [0.15, 0.2) is 4.99 Å². The molecule has 0 bridgehead atoms. The molecule has 1 saturated carbocycles. The van der Waals surface area contributed by atoms with Gasteiger partial charge in [-0.1, -0.05) is 13.8 Å². The second-order valence-electron chi connectivity index (χ2n) is 9.16. The third-order valence-corrected chi connectivity index (χ3v) is 8.59. The van der Waals surface area contributed by atoms with E-state index >= 15 is 0 Å². The summed E-state index contributed by atoms with van der Waals surface area (Å²) in [6.07, 6.45) is 4.57. The van der Waals surface area contributed by atoms with Crippen LogP contribution in [0, 0.1) is 17.3 Å². The van der Waals surface area contributed by atoms with E-state index in [0.29, 0.717) is 30.4 Å². The maximum atomic E-state index is 11.7. The predicted octanol–water partition coefficient (Wildman–Crippen LogP) is 1.57. The van der Waals surface area contributed by atoms with E-state index in [9.17, 15) is 8.42 Å². The number of rotatable bonds is 5. The number of aliphatic imine (C=N–C) groups is 1. The van der Waals surface area contributed by atoms with Crippen molar-refractivity contribution in [2.75, 3.05) is 37.8 Å². The number of ether oxygens (including phenoxy) is 2. The van der Waals surface area contributed by atoms with Gasteiger partial charge < -0.3 is 20.1 Å². The van der Waals surface area contributed by atoms with Gasteiger partial charge in [-0.15, -0.1) is 24.0 Å². The molecule has 0 radical (unpaired) electrons. The van der Waals surface area contributed by atoms with Crippen LogP contribution in [0.2, 0.25) is 0 Å². The van der Waals surface area contributed by atoms with Gasteiger partial charge in [0.25, 0.3) is 0 Å². The average Bonchev–Trinajstić information content (AvgIpc) is 3.34. The number of nitrogens with one attached hydrogen (secondary N) is 2. The highest BCUT2D eigenvalue weighted by molar-refractivity contribution is 14.0. The van der Waals surface area contributed by atoms with Gasteiger partial charge in [0.05, 0.1) is 23.7 Å². The second kappa shape index (κ2) is 8.93. The first-order valence-electron chi connectivity index (χ1n) is 10.3. The van der Waals surface area contributed by atoms with Crippen LogP contribution in [0.5, 0.6) is 0 Å². The molecule has 3 aliphatic heterocycles. The molecule has 28 heavy (non-hydrogen) atoms. The van der Waals surface area contributed by atoms with Gasteiger partial charge in [-0.05, 0) is 31.6 Å². The normalized spacial score (nSPS) is 38.4. The highest BCUT2D eigenvalue weighted by atomic mass is 127. The SMILES string of the molecule is CC1(C)C(NC(=NCC2CCS(=O)(=O)C2)NCC2CCCO2)C2CCOC21.I. The Kier molecular flexibility index (Phi) is 7.19. The number of hydrogen-bond donors (Lipinski definition) is 2. The molecule has 4 fully saturated rings. The molecule has 0 aromatic rings. The molecule has 0 aromatic carbocycles. The summed E-state index contributed by atoms with van der Waals surface area (Å²) >= 11 is 0. The van der Waals surface area contributed by atoms with Crippen LogP contribution in [0.1, 0.15) is 39.5 Å². The van der Waals surface area contributed by atoms with Crippen LogP contribution in [0.3, 0.4) is 0 Å². The van der Waals surface area contributed by atoms with E-state index in [-0.39, 0.29) is 47.2 Å². The first kappa shape index (κ1) is 22.6. The Morgan fingerprint density at radius 1 is 1.18 bits per heavy atom. The first-order valence-corrected chi connectivity index (χ1v) is 12.2. The average molecular weight is 527 g/mol. The molecule has 2 N–H and O–H groups in total. The Bertz CT molecular complexity index is 679. The third kappa shape index (κ3) is 4.78. The van der Waals surface area contributed by atoms with E-state index in [2.05, 4.69) is 24.5 Å². The van der Waals surface area contributed by atoms with Gasteiger partial charge >= 0.3 is 0 Å². The van der Waals surface area contributed by atoms with E-state index in [1.165, 1.54) is 0 Å². The highest BCUT2D eigenvalue weighted by Crippen LogP contribution is 2.52. The summed E-state index contributed by atoms with van der Waals surface area (Å²) in [5, 5.41) is 7.08. The minimum Gasteiger partial charge on any atom is -0.377 e. The molecule has 0 aromatic heterocycles. The fourth-order valence-electron chi connectivity index (χ4n) is 5.17. The molecule has 5 atom stereocenters. The Morgan fingerprint density at radius 3 is 2.68 bits per heavy atom. The topological polar surface area (TPSA) is 89.0 Å². The fraction of sp³-hybridized carbons (Fsp3) is 0.947. The summed E-state index contributed by atoms with van der Waals surface area (Å²) < 4.78 is 35.1. The second-order valence-corrected chi connectivity index (χ2v) is 11.4. The summed E-state index contributed by atoms with van der Waals surface area (Å²) in [7, 11) is -2.86. The quantitative estimate of drug-likeness (QED) is 0.321. The number of sulfone groups is 1.